The third kappa shape index (κ3) is 5.80. The lowest BCUT2D eigenvalue weighted by molar-refractivity contribution is -0.111. The number of carbonyl (C=O) groups excluding carboxylic acids is 1. The number of nitrogens with zero attached hydrogens (tertiary/aromatic N) is 1. The molecule has 0 unspecified atom stereocenters. The fourth-order valence-corrected chi connectivity index (χ4v) is 3.01. The monoisotopic (exact) mass is 386 g/mol. The van der Waals surface area contributed by atoms with Crippen LogP contribution in [0.25, 0.3) is 6.08 Å². The van der Waals surface area contributed by atoms with Crippen LogP contribution >= 0.6 is 0 Å². The highest BCUT2D eigenvalue weighted by Gasteiger charge is 2.16. The molecule has 6 nitrogen and oxygen atoms in total. The first-order valence-electron chi connectivity index (χ1n) is 8.18. The summed E-state index contributed by atoms with van der Waals surface area (Å²) in [5.41, 5.74) is 1.36. The minimum absolute atomic E-state index is 0.166. The van der Waals surface area contributed by atoms with Gasteiger partial charge in [0.15, 0.2) is 0 Å². The molecule has 2 aromatic carbocycles. The second kappa shape index (κ2) is 9.16. The smallest absolute Gasteiger partial charge is 0.248 e. The molecule has 0 fully saturated rings. The van der Waals surface area contributed by atoms with Gasteiger partial charge in [0, 0.05) is 25.9 Å². The molecule has 0 bridgehead atoms. The quantitative estimate of drug-likeness (QED) is 0.559. The summed E-state index contributed by atoms with van der Waals surface area (Å²) in [6, 6.07) is 13.3. The Morgan fingerprint density at radius 2 is 1.74 bits per heavy atom. The van der Waals surface area contributed by atoms with Gasteiger partial charge in [0.05, 0.1) is 4.90 Å². The molecular formula is C20H22N2O4S. The van der Waals surface area contributed by atoms with E-state index in [2.05, 4.69) is 11.9 Å². The van der Waals surface area contributed by atoms with Crippen molar-refractivity contribution in [1.82, 2.24) is 4.31 Å². The molecule has 0 aliphatic heterocycles. The molecule has 0 aliphatic carbocycles. The summed E-state index contributed by atoms with van der Waals surface area (Å²) in [5.74, 6) is 0.412. The first-order valence-corrected chi connectivity index (χ1v) is 9.62. The molecule has 0 spiro atoms. The largest absolute Gasteiger partial charge is 0.490 e. The molecule has 7 heteroatoms. The van der Waals surface area contributed by atoms with Crippen molar-refractivity contribution >= 4 is 27.7 Å². The van der Waals surface area contributed by atoms with Crippen LogP contribution in [0.5, 0.6) is 5.75 Å². The molecule has 0 heterocycles. The topological polar surface area (TPSA) is 75.7 Å². The minimum Gasteiger partial charge on any atom is -0.490 e. The molecule has 0 atom stereocenters. The number of hydrogen-bond donors (Lipinski definition) is 1. The van der Waals surface area contributed by atoms with Gasteiger partial charge >= 0.3 is 0 Å². The summed E-state index contributed by atoms with van der Waals surface area (Å²) in [6.07, 6.45) is 4.75. The normalized spacial score (nSPS) is 11.5. The second-order valence-electron chi connectivity index (χ2n) is 5.80. The average molecular weight is 386 g/mol. The maximum absolute atomic E-state index is 12.0. The molecule has 0 aromatic heterocycles. The van der Waals surface area contributed by atoms with Gasteiger partial charge < -0.3 is 10.1 Å². The number of sulfonamides is 1. The standard InChI is InChI=1S/C20H22N2O4S/c1-4-15-26-18-10-5-16(6-11-18)7-14-20(23)21-17-8-12-19(13-9-17)27(24,25)22(2)3/h4-14H,1,15H2,2-3H3,(H,21,23)/b14-7+. The lowest BCUT2D eigenvalue weighted by Gasteiger charge is -2.11. The van der Waals surface area contributed by atoms with Gasteiger partial charge in [-0.15, -0.1) is 0 Å². The van der Waals surface area contributed by atoms with Crippen molar-refractivity contribution in [2.45, 2.75) is 4.90 Å². The van der Waals surface area contributed by atoms with Crippen LogP contribution in [0.4, 0.5) is 5.69 Å². The molecule has 2 aromatic rings. The fraction of sp³-hybridized carbons (Fsp3) is 0.150. The summed E-state index contributed by atoms with van der Waals surface area (Å²) in [5, 5.41) is 2.69. The lowest BCUT2D eigenvalue weighted by Crippen LogP contribution is -2.22. The Labute approximate surface area is 159 Å². The zero-order valence-electron chi connectivity index (χ0n) is 15.3. The van der Waals surface area contributed by atoms with Crippen LogP contribution in [0.3, 0.4) is 0 Å². The van der Waals surface area contributed by atoms with Gasteiger partial charge in [-0.25, -0.2) is 12.7 Å². The number of hydrogen-bond acceptors (Lipinski definition) is 4. The molecular weight excluding hydrogens is 364 g/mol. The Morgan fingerprint density at radius 3 is 2.30 bits per heavy atom. The lowest BCUT2D eigenvalue weighted by atomic mass is 10.2. The Kier molecular flexibility index (Phi) is 6.92. The van der Waals surface area contributed by atoms with E-state index in [1.54, 1.807) is 24.3 Å². The fourth-order valence-electron chi connectivity index (χ4n) is 2.11. The van der Waals surface area contributed by atoms with Crippen molar-refractivity contribution < 1.29 is 17.9 Å². The van der Waals surface area contributed by atoms with E-state index in [1.165, 1.54) is 32.3 Å². The van der Waals surface area contributed by atoms with Crippen molar-refractivity contribution in [2.75, 3.05) is 26.0 Å². The van der Waals surface area contributed by atoms with E-state index in [9.17, 15) is 13.2 Å². The van der Waals surface area contributed by atoms with Crippen molar-refractivity contribution in [3.8, 4) is 5.75 Å². The Morgan fingerprint density at radius 1 is 1.11 bits per heavy atom. The van der Waals surface area contributed by atoms with Gasteiger partial charge in [-0.1, -0.05) is 24.8 Å². The molecule has 1 amide bonds. The first-order chi connectivity index (χ1) is 12.8. The van der Waals surface area contributed by atoms with Gasteiger partial charge in [0.2, 0.25) is 15.9 Å². The number of amides is 1. The van der Waals surface area contributed by atoms with Gasteiger partial charge in [-0.2, -0.15) is 0 Å². The van der Waals surface area contributed by atoms with Crippen molar-refractivity contribution in [3.63, 3.8) is 0 Å². The Hall–Kier alpha value is -2.90. The Bertz CT molecular complexity index is 915. The minimum atomic E-state index is -3.49. The van der Waals surface area contributed by atoms with E-state index in [0.717, 1.165) is 15.6 Å². The highest BCUT2D eigenvalue weighted by atomic mass is 32.2. The highest BCUT2D eigenvalue weighted by molar-refractivity contribution is 7.89. The summed E-state index contributed by atoms with van der Waals surface area (Å²) in [7, 11) is -0.555. The van der Waals surface area contributed by atoms with E-state index in [0.29, 0.717) is 12.3 Å². The predicted molar refractivity (Wildman–Crippen MR) is 107 cm³/mol. The van der Waals surface area contributed by atoms with E-state index in [1.807, 2.05) is 24.3 Å². The van der Waals surface area contributed by atoms with Gasteiger partial charge in [-0.3, -0.25) is 4.79 Å². The molecule has 0 saturated carbocycles. The van der Waals surface area contributed by atoms with Crippen LogP contribution in [0, 0.1) is 0 Å². The molecule has 142 valence electrons. The molecule has 0 saturated heterocycles. The highest BCUT2D eigenvalue weighted by Crippen LogP contribution is 2.17. The van der Waals surface area contributed by atoms with E-state index in [-0.39, 0.29) is 10.8 Å². The molecule has 1 N–H and O–H groups in total. The number of anilines is 1. The van der Waals surface area contributed by atoms with E-state index >= 15 is 0 Å². The van der Waals surface area contributed by atoms with Crippen LogP contribution in [0.15, 0.2) is 72.2 Å². The number of rotatable bonds is 8. The molecule has 27 heavy (non-hydrogen) atoms. The molecule has 0 aliphatic rings. The zero-order chi connectivity index (χ0) is 19.9. The zero-order valence-corrected chi connectivity index (χ0v) is 16.1. The average Bonchev–Trinajstić information content (AvgIpc) is 2.66. The van der Waals surface area contributed by atoms with Crippen molar-refractivity contribution in [2.24, 2.45) is 0 Å². The summed E-state index contributed by atoms with van der Waals surface area (Å²) >= 11 is 0. The predicted octanol–water partition coefficient (Wildman–Crippen LogP) is 3.15. The van der Waals surface area contributed by atoms with Gasteiger partial charge in [0.25, 0.3) is 0 Å². The van der Waals surface area contributed by atoms with Crippen LogP contribution < -0.4 is 10.1 Å². The second-order valence-corrected chi connectivity index (χ2v) is 7.95. The molecule has 2 rings (SSSR count). The van der Waals surface area contributed by atoms with Crippen LogP contribution in [-0.2, 0) is 14.8 Å². The van der Waals surface area contributed by atoms with Crippen LogP contribution in [-0.4, -0.2) is 39.3 Å². The van der Waals surface area contributed by atoms with Crippen LogP contribution in [0.2, 0.25) is 0 Å². The van der Waals surface area contributed by atoms with E-state index < -0.39 is 10.0 Å². The summed E-state index contributed by atoms with van der Waals surface area (Å²) in [4.78, 5) is 12.2. The molecule has 0 radical (unpaired) electrons. The van der Waals surface area contributed by atoms with Crippen molar-refractivity contribution in [1.29, 1.82) is 0 Å². The van der Waals surface area contributed by atoms with Crippen LogP contribution in [0.1, 0.15) is 5.56 Å². The number of carbonyl (C=O) groups is 1. The third-order valence-electron chi connectivity index (χ3n) is 3.58. The number of ether oxygens (including phenoxy) is 1. The third-order valence-corrected chi connectivity index (χ3v) is 5.40. The first kappa shape index (κ1) is 20.4. The SMILES string of the molecule is C=CCOc1ccc(/C=C/C(=O)Nc2ccc(S(=O)(=O)N(C)C)cc2)cc1. The maximum atomic E-state index is 12.0. The summed E-state index contributed by atoms with van der Waals surface area (Å²) in [6.45, 7) is 4.03. The van der Waals surface area contributed by atoms with Crippen molar-refractivity contribution in [3.05, 3.63) is 72.8 Å². The maximum Gasteiger partial charge on any atom is 0.248 e. The Balaban J connectivity index is 1.97. The number of nitrogens with one attached hydrogen (secondary N) is 1. The van der Waals surface area contributed by atoms with Gasteiger partial charge in [0.1, 0.15) is 12.4 Å². The van der Waals surface area contributed by atoms with E-state index in [4.69, 9.17) is 4.74 Å². The number of benzene rings is 2. The van der Waals surface area contributed by atoms with Gasteiger partial charge in [-0.05, 0) is 48.0 Å². The summed E-state index contributed by atoms with van der Waals surface area (Å²) < 4.78 is 30.6.